The van der Waals surface area contributed by atoms with Gasteiger partial charge in [0, 0.05) is 37.3 Å². The van der Waals surface area contributed by atoms with Crippen LogP contribution in [0, 0.1) is 0 Å². The minimum absolute atomic E-state index is 0.0570. The largest absolute Gasteiger partial charge is 0.450 e. The number of nitrogens with zero attached hydrogens (tertiary/aromatic N) is 2. The van der Waals surface area contributed by atoms with Gasteiger partial charge in [-0.25, -0.2) is 4.79 Å². The molecule has 0 unspecified atom stereocenters. The highest BCUT2D eigenvalue weighted by Gasteiger charge is 2.23. The lowest BCUT2D eigenvalue weighted by Gasteiger charge is -2.33. The van der Waals surface area contributed by atoms with Crippen LogP contribution in [0.3, 0.4) is 0 Å². The number of carbonyl (C=O) groups is 2. The van der Waals surface area contributed by atoms with Crippen molar-refractivity contribution in [2.75, 3.05) is 32.8 Å². The Balaban J connectivity index is 1.84. The fraction of sp³-hybridized carbons (Fsp3) is 0.375. The van der Waals surface area contributed by atoms with E-state index >= 15 is 0 Å². The van der Waals surface area contributed by atoms with Crippen molar-refractivity contribution in [2.24, 2.45) is 0 Å². The van der Waals surface area contributed by atoms with E-state index in [1.807, 2.05) is 12.1 Å². The van der Waals surface area contributed by atoms with Gasteiger partial charge in [0.2, 0.25) is 5.91 Å². The van der Waals surface area contributed by atoms with E-state index in [1.165, 1.54) is 0 Å². The van der Waals surface area contributed by atoms with Crippen LogP contribution in [-0.2, 0) is 9.53 Å². The molecule has 118 valence electrons. The first-order valence-electron chi connectivity index (χ1n) is 7.24. The van der Waals surface area contributed by atoms with Crippen molar-refractivity contribution in [3.8, 4) is 0 Å². The van der Waals surface area contributed by atoms with E-state index in [9.17, 15) is 9.59 Å². The molecule has 6 heteroatoms. The molecular formula is C16H19ClN2O3. The molecule has 5 nitrogen and oxygen atoms in total. The number of hydrogen-bond donors (Lipinski definition) is 0. The molecule has 1 aromatic carbocycles. The Hall–Kier alpha value is -2.01. The van der Waals surface area contributed by atoms with E-state index in [0.717, 1.165) is 5.56 Å². The van der Waals surface area contributed by atoms with Gasteiger partial charge in [-0.2, -0.15) is 0 Å². The third-order valence-corrected chi connectivity index (χ3v) is 3.66. The molecular weight excluding hydrogens is 304 g/mol. The van der Waals surface area contributed by atoms with Gasteiger partial charge < -0.3 is 14.5 Å². The maximum absolute atomic E-state index is 12.1. The molecule has 1 fully saturated rings. The van der Waals surface area contributed by atoms with Crippen LogP contribution in [0.15, 0.2) is 30.3 Å². The molecule has 2 rings (SSSR count). The van der Waals surface area contributed by atoms with E-state index in [-0.39, 0.29) is 12.0 Å². The van der Waals surface area contributed by atoms with Crippen molar-refractivity contribution in [1.82, 2.24) is 9.80 Å². The van der Waals surface area contributed by atoms with Crippen LogP contribution in [0.2, 0.25) is 5.02 Å². The number of hydrogen-bond acceptors (Lipinski definition) is 3. The van der Waals surface area contributed by atoms with Gasteiger partial charge in [0.15, 0.2) is 0 Å². The molecule has 22 heavy (non-hydrogen) atoms. The lowest BCUT2D eigenvalue weighted by Crippen LogP contribution is -2.50. The molecule has 1 saturated heterocycles. The van der Waals surface area contributed by atoms with Crippen molar-refractivity contribution < 1.29 is 14.3 Å². The zero-order valence-corrected chi connectivity index (χ0v) is 13.3. The number of carbonyl (C=O) groups excluding carboxylic acids is 2. The maximum Gasteiger partial charge on any atom is 0.409 e. The van der Waals surface area contributed by atoms with Crippen molar-refractivity contribution >= 4 is 29.7 Å². The van der Waals surface area contributed by atoms with E-state index in [0.29, 0.717) is 37.8 Å². The summed E-state index contributed by atoms with van der Waals surface area (Å²) in [4.78, 5) is 27.1. The van der Waals surface area contributed by atoms with Crippen molar-refractivity contribution in [3.63, 3.8) is 0 Å². The van der Waals surface area contributed by atoms with Gasteiger partial charge in [0.05, 0.1) is 6.61 Å². The quantitative estimate of drug-likeness (QED) is 0.804. The van der Waals surface area contributed by atoms with Crippen molar-refractivity contribution in [2.45, 2.75) is 6.92 Å². The molecule has 0 atom stereocenters. The zero-order valence-electron chi connectivity index (χ0n) is 12.5. The minimum atomic E-state index is -0.314. The van der Waals surface area contributed by atoms with Crippen LogP contribution in [0.1, 0.15) is 12.5 Å². The van der Waals surface area contributed by atoms with Gasteiger partial charge in [-0.3, -0.25) is 4.79 Å². The van der Waals surface area contributed by atoms with Gasteiger partial charge in [-0.1, -0.05) is 23.7 Å². The van der Waals surface area contributed by atoms with Gasteiger partial charge in [-0.15, -0.1) is 0 Å². The highest BCUT2D eigenvalue weighted by atomic mass is 35.5. The third kappa shape index (κ3) is 4.49. The molecule has 1 aliphatic rings. The molecule has 0 aromatic heterocycles. The predicted octanol–water partition coefficient (Wildman–Crippen LogP) is 2.65. The van der Waals surface area contributed by atoms with Crippen molar-refractivity contribution in [1.29, 1.82) is 0 Å². The first-order chi connectivity index (χ1) is 10.6. The average Bonchev–Trinajstić information content (AvgIpc) is 2.54. The Bertz CT molecular complexity index is 549. The Labute approximate surface area is 135 Å². The molecule has 0 N–H and O–H groups in total. The predicted molar refractivity (Wildman–Crippen MR) is 85.7 cm³/mol. The van der Waals surface area contributed by atoms with E-state index in [1.54, 1.807) is 41.0 Å². The number of halogens is 1. The number of piperazine rings is 1. The van der Waals surface area contributed by atoms with Gasteiger partial charge in [0.1, 0.15) is 0 Å². The number of amides is 2. The molecule has 1 aliphatic heterocycles. The molecule has 0 aliphatic carbocycles. The Morgan fingerprint density at radius 2 is 1.73 bits per heavy atom. The van der Waals surface area contributed by atoms with E-state index < -0.39 is 0 Å². The van der Waals surface area contributed by atoms with Crippen LogP contribution in [0.4, 0.5) is 4.79 Å². The Kier molecular flexibility index (Phi) is 5.83. The fourth-order valence-corrected chi connectivity index (χ4v) is 2.30. The average molecular weight is 323 g/mol. The Morgan fingerprint density at radius 1 is 1.14 bits per heavy atom. The summed E-state index contributed by atoms with van der Waals surface area (Å²) in [6, 6.07) is 7.27. The second kappa shape index (κ2) is 7.84. The van der Waals surface area contributed by atoms with Gasteiger partial charge >= 0.3 is 6.09 Å². The van der Waals surface area contributed by atoms with Crippen LogP contribution >= 0.6 is 11.6 Å². The van der Waals surface area contributed by atoms with Crippen LogP contribution in [0.25, 0.3) is 6.08 Å². The summed E-state index contributed by atoms with van der Waals surface area (Å²) in [6.07, 6.45) is 2.99. The lowest BCUT2D eigenvalue weighted by molar-refractivity contribution is -0.127. The van der Waals surface area contributed by atoms with Crippen LogP contribution in [0.5, 0.6) is 0 Å². The number of rotatable bonds is 3. The first-order valence-corrected chi connectivity index (χ1v) is 7.62. The molecule has 0 spiro atoms. The van der Waals surface area contributed by atoms with E-state index in [4.69, 9.17) is 16.3 Å². The maximum atomic E-state index is 12.1. The summed E-state index contributed by atoms with van der Waals surface area (Å²) in [5, 5.41) is 0.665. The molecule has 1 aromatic rings. The lowest BCUT2D eigenvalue weighted by atomic mass is 10.2. The highest BCUT2D eigenvalue weighted by molar-refractivity contribution is 6.30. The zero-order chi connectivity index (χ0) is 15.9. The minimum Gasteiger partial charge on any atom is -0.450 e. The Morgan fingerprint density at radius 3 is 2.32 bits per heavy atom. The fourth-order valence-electron chi connectivity index (χ4n) is 2.17. The van der Waals surface area contributed by atoms with Crippen molar-refractivity contribution in [3.05, 3.63) is 40.9 Å². The van der Waals surface area contributed by atoms with Gasteiger partial charge in [0.25, 0.3) is 0 Å². The summed E-state index contributed by atoms with van der Waals surface area (Å²) in [5.41, 5.74) is 0.919. The standard InChI is InChI=1S/C16H19ClN2O3/c1-2-22-16(21)19-11-9-18(10-12-19)15(20)8-5-13-3-6-14(17)7-4-13/h3-8H,2,9-12H2,1H3/b8-5+. The summed E-state index contributed by atoms with van der Waals surface area (Å²) >= 11 is 5.82. The third-order valence-electron chi connectivity index (χ3n) is 3.41. The SMILES string of the molecule is CCOC(=O)N1CCN(C(=O)/C=C/c2ccc(Cl)cc2)CC1. The summed E-state index contributed by atoms with van der Waals surface area (Å²) in [7, 11) is 0. The molecule has 0 radical (unpaired) electrons. The molecule has 2 amide bonds. The van der Waals surface area contributed by atoms with Crippen LogP contribution in [-0.4, -0.2) is 54.6 Å². The summed E-state index contributed by atoms with van der Waals surface area (Å²) in [6.45, 7) is 4.17. The topological polar surface area (TPSA) is 49.9 Å². The molecule has 0 bridgehead atoms. The summed E-state index contributed by atoms with van der Waals surface area (Å²) in [5.74, 6) is -0.0570. The van der Waals surface area contributed by atoms with E-state index in [2.05, 4.69) is 0 Å². The monoisotopic (exact) mass is 322 g/mol. The highest BCUT2D eigenvalue weighted by Crippen LogP contribution is 2.11. The molecule has 0 saturated carbocycles. The first kappa shape index (κ1) is 16.4. The number of benzene rings is 1. The smallest absolute Gasteiger partial charge is 0.409 e. The normalized spacial score (nSPS) is 15.2. The van der Waals surface area contributed by atoms with Gasteiger partial charge in [-0.05, 0) is 30.7 Å². The molecule has 1 heterocycles. The number of ether oxygens (including phenoxy) is 1. The second-order valence-corrected chi connectivity index (χ2v) is 5.33. The van der Waals surface area contributed by atoms with Crippen LogP contribution < -0.4 is 0 Å². The second-order valence-electron chi connectivity index (χ2n) is 4.90. The summed E-state index contributed by atoms with van der Waals surface area (Å²) < 4.78 is 4.95.